The molecule has 0 radical (unpaired) electrons. The summed E-state index contributed by atoms with van der Waals surface area (Å²) < 4.78 is 254. The number of alkyl halides is 4. The second-order valence-corrected chi connectivity index (χ2v) is 44.9. The summed E-state index contributed by atoms with van der Waals surface area (Å²) in [6.07, 6.45) is -23.9. The van der Waals surface area contributed by atoms with Gasteiger partial charge >= 0.3 is 84.4 Å². The van der Waals surface area contributed by atoms with Gasteiger partial charge in [-0.1, -0.05) is 72.8 Å². The van der Waals surface area contributed by atoms with Gasteiger partial charge < -0.3 is 128 Å². The van der Waals surface area contributed by atoms with E-state index in [0.29, 0.717) is 25.8 Å². The Morgan fingerprint density at radius 1 is 0.359 bits per heavy atom. The number of hydrogen-bond acceptors (Lipinski definition) is 34. The molecule has 8 unspecified atom stereocenters. The number of phosphoric acid groups is 4. The number of phosphoric ester groups is 2. The average Bonchev–Trinajstić information content (AvgIpc) is 1.41. The highest BCUT2D eigenvalue weighted by molar-refractivity contribution is 7.70. The predicted molar refractivity (Wildman–Crippen MR) is 457 cm³/mol. The van der Waals surface area contributed by atoms with E-state index in [-0.39, 0.29) is 57.3 Å². The van der Waals surface area contributed by atoms with Crippen molar-refractivity contribution in [2.24, 2.45) is 0 Å². The Kier molecular flexibility index (Phi) is 38.7. The fraction of sp³-hybridized carbons (Fsp3) is 0.444. The van der Waals surface area contributed by atoms with Crippen molar-refractivity contribution in [2.45, 2.75) is 163 Å². The summed E-state index contributed by atoms with van der Waals surface area (Å²) in [5, 5.41) is 82.2. The summed E-state index contributed by atoms with van der Waals surface area (Å²) in [4.78, 5) is 209. The van der Waals surface area contributed by atoms with Crippen molar-refractivity contribution in [1.29, 1.82) is 0 Å². The number of nitrogens with zero attached hydrogens (tertiary/aromatic N) is 8. The number of halogens is 8. The summed E-state index contributed by atoms with van der Waals surface area (Å²) in [6, 6.07) is 20.2. The molecule has 70 heteroatoms. The van der Waals surface area contributed by atoms with Crippen LogP contribution in [0.3, 0.4) is 0 Å². The SMILES string of the molecule is Cc1cn([C@@H]2O[C@H](COP(=O)(O)OP(=O)(O)O)C(O)[C@@H]2O)c(=O)n(CC(F)(F)c2ccccc2)c1=O.Cc1cn([C@@H]2O[C@H](COP(=O)(O)OP(=O)(O)O)C(O)[C@@H]2O)c(=O)n(CCc2ccc(F)cc2F)c1=O.O=c1ccn([C@@H]2O[C@H](COP(=O)(O)CP(=O)(O)O)C(O)[C@@H]2O)c(=O)n1CC(F)(F)c1ccccc1.O=c1ccn([C@@H]2O[C@H](COP(=O)(O)CP(=O)(O)O)C(O)[C@@H]2O)c(=O)n1CCc1ccc(F)cc1F. The van der Waals surface area contributed by atoms with E-state index in [1.54, 1.807) is 0 Å². The van der Waals surface area contributed by atoms with Crippen molar-refractivity contribution in [3.05, 3.63) is 274 Å². The quantitative estimate of drug-likeness (QED) is 0.0163. The molecular weight excluding hydrogens is 2110 g/mol. The van der Waals surface area contributed by atoms with Crippen LogP contribution in [0.15, 0.2) is 172 Å². The van der Waals surface area contributed by atoms with Gasteiger partial charge in [-0.25, -0.2) is 55.0 Å². The first kappa shape index (κ1) is 117. The smallest absolute Gasteiger partial charge is 0.387 e. The Hall–Kier alpha value is -8.32. The summed E-state index contributed by atoms with van der Waals surface area (Å²) in [7, 11) is -40.9. The van der Waals surface area contributed by atoms with E-state index in [0.717, 1.165) is 99.2 Å². The highest BCUT2D eigenvalue weighted by Crippen LogP contribution is 2.60. The first-order valence-corrected chi connectivity index (χ1v) is 53.2. The number of hydrogen-bond donors (Lipinski definition) is 20. The van der Waals surface area contributed by atoms with Gasteiger partial charge in [0.15, 0.2) is 36.7 Å². The molecule has 20 N–H and O–H groups in total. The molecule has 142 heavy (non-hydrogen) atoms. The van der Waals surface area contributed by atoms with E-state index < -0.39 is 302 Å². The Labute approximate surface area is 787 Å². The normalized spacial score (nSPS) is 24.5. The van der Waals surface area contributed by atoms with Gasteiger partial charge in [0.2, 0.25) is 0 Å². The van der Waals surface area contributed by atoms with Crippen molar-refractivity contribution in [3.8, 4) is 0 Å². The van der Waals surface area contributed by atoms with Gasteiger partial charge in [0.05, 0.1) is 39.5 Å². The number of aliphatic hydroxyl groups excluding tert-OH is 8. The van der Waals surface area contributed by atoms with Crippen LogP contribution in [0, 0.1) is 37.1 Å². The van der Waals surface area contributed by atoms with Crippen LogP contribution in [0.2, 0.25) is 0 Å². The molecule has 4 aromatic heterocycles. The highest BCUT2D eigenvalue weighted by Gasteiger charge is 2.52. The minimum absolute atomic E-state index is 0.00840. The second-order valence-electron chi connectivity index (χ2n) is 31.2. The van der Waals surface area contributed by atoms with E-state index >= 15 is 0 Å². The molecule has 0 spiro atoms. The van der Waals surface area contributed by atoms with Crippen molar-refractivity contribution in [1.82, 2.24) is 36.5 Å². The lowest BCUT2D eigenvalue weighted by Crippen LogP contribution is -2.46. The Morgan fingerprint density at radius 3 is 0.979 bits per heavy atom. The van der Waals surface area contributed by atoms with Crippen molar-refractivity contribution in [3.63, 3.8) is 0 Å². The standard InChI is InChI=1S/2C18H22F2N2O12P2.2C18H22F2N2O11P2/c1-9-7-22(18(26)21(16(9)25)5-4-10-2-3-11(19)6-12(10)20)17-15(24)14(23)13(33-17)8-32-36(30,31)34-35(27,28)29;1-10-7-21(17(26)22(15(10)25)9-18(19,20)11-5-3-2-4-6-11)16-14(24)13(23)12(33-16)8-32-36(30,31)34-35(27,28)29;19-11-2-1-10(12(20)7-11)3-5-21-14(23)4-6-22(18(21)26)17-16(25)15(24)13(33-17)8-32-35(30,31)9-34(27,28)29;19-18(20,11-4-2-1-3-5-11)9-22-13(23)6-7-21(17(22)26)16-15(25)14(24)12(33-16)8-32-35(30,31)10-34(27,28)29/h2-3,6-7,13-15,17,23-24H,4-5,8H2,1H3,(H,30,31)(H2,27,28,29);2-7,12-14,16,23-24H,8-9H2,1H3,(H,30,31)(H2,27,28,29);1-2,4,6-7,13,15-17,24-25H,3,5,8-9H2,(H,30,31)(H2,27,28,29);1-7,12,14-16,24-25H,8-10H2,(H,30,31)(H2,27,28,29)/t13-,14?,15+,17-;12-,13?,14+,16-;13-,15?,16+,17-;12-,14?,15+,16-/m1111/s1. The minimum atomic E-state index is -5.43. The van der Waals surface area contributed by atoms with Gasteiger partial charge in [0.1, 0.15) is 96.5 Å². The van der Waals surface area contributed by atoms with Crippen LogP contribution in [0.5, 0.6) is 0 Å². The van der Waals surface area contributed by atoms with Crippen LogP contribution in [0.1, 0.15) is 58.3 Å². The molecule has 0 saturated carbocycles. The first-order valence-electron chi connectivity index (χ1n) is 40.0. The Bertz CT molecular complexity index is 6800. The van der Waals surface area contributed by atoms with Crippen LogP contribution in [0.25, 0.3) is 0 Å². The van der Waals surface area contributed by atoms with Crippen LogP contribution in [-0.2, 0) is 133 Å². The molecule has 4 aliphatic heterocycles. The fourth-order valence-electron chi connectivity index (χ4n) is 13.8. The monoisotopic (exact) mass is 2200 g/mol. The number of benzene rings is 4. The topological polar surface area (TPSA) is 809 Å². The van der Waals surface area contributed by atoms with E-state index in [9.17, 15) is 170 Å². The van der Waals surface area contributed by atoms with Crippen LogP contribution < -0.4 is 45.0 Å². The van der Waals surface area contributed by atoms with Crippen LogP contribution in [0.4, 0.5) is 35.1 Å². The number of aryl methyl sites for hydroxylation is 4. The minimum Gasteiger partial charge on any atom is -0.387 e. The zero-order valence-electron chi connectivity index (χ0n) is 72.2. The van der Waals surface area contributed by atoms with Gasteiger partial charge in [-0.05, 0) is 49.9 Å². The molecule has 0 amide bonds. The third kappa shape index (κ3) is 31.4. The maximum Gasteiger partial charge on any atom is 0.481 e. The third-order valence-electron chi connectivity index (χ3n) is 20.5. The van der Waals surface area contributed by atoms with Gasteiger partial charge in [-0.15, -0.1) is 0 Å². The van der Waals surface area contributed by atoms with Crippen molar-refractivity contribution < 1.29 is 217 Å². The molecule has 8 aromatic rings. The van der Waals surface area contributed by atoms with Gasteiger partial charge in [0, 0.05) is 84.4 Å². The highest BCUT2D eigenvalue weighted by atomic mass is 31.3. The van der Waals surface area contributed by atoms with Crippen molar-refractivity contribution >= 4 is 61.7 Å². The average molecular weight is 2200 g/mol. The van der Waals surface area contributed by atoms with Gasteiger partial charge in [0.25, 0.3) is 34.1 Å². The van der Waals surface area contributed by atoms with Crippen molar-refractivity contribution in [2.75, 3.05) is 38.2 Å². The molecule has 12 rings (SSSR count). The van der Waals surface area contributed by atoms with E-state index in [1.807, 2.05) is 0 Å². The summed E-state index contributed by atoms with van der Waals surface area (Å²) in [5.41, 5.74) is -9.20. The lowest BCUT2D eigenvalue weighted by molar-refractivity contribution is -0.0570. The van der Waals surface area contributed by atoms with Crippen LogP contribution in [-0.4, -0.2) is 248 Å². The second kappa shape index (κ2) is 46.8. The maximum atomic E-state index is 14.8. The summed E-state index contributed by atoms with van der Waals surface area (Å²) >= 11 is 0. The zero-order chi connectivity index (χ0) is 106. The largest absolute Gasteiger partial charge is 0.481 e. The number of ether oxygens (including phenoxy) is 4. The summed E-state index contributed by atoms with van der Waals surface area (Å²) in [5.74, 6) is -13.6. The predicted octanol–water partition coefficient (Wildman–Crippen LogP) is -1.11. The number of aromatic nitrogens is 8. The Balaban J connectivity index is 0.000000211. The molecule has 20 atom stereocenters. The summed E-state index contributed by atoms with van der Waals surface area (Å²) in [6.45, 7) is -4.55. The molecule has 4 aromatic carbocycles. The maximum absolute atomic E-state index is 14.8. The molecule has 0 aliphatic carbocycles. The molecule has 4 aliphatic rings. The molecule has 4 fully saturated rings. The number of rotatable bonds is 36. The van der Waals surface area contributed by atoms with Gasteiger partial charge in [-0.3, -0.25) is 83.0 Å². The fourth-order valence-corrected chi connectivity index (χ4v) is 22.2. The van der Waals surface area contributed by atoms with E-state index in [2.05, 4.69) is 26.7 Å². The molecule has 4 saturated heterocycles. The molecular formula is C72H88F8N8O46P8. The van der Waals surface area contributed by atoms with Crippen LogP contribution >= 0.6 is 61.7 Å². The molecule has 788 valence electrons. The molecule has 8 heterocycles. The number of aliphatic hydroxyl groups is 8. The lowest BCUT2D eigenvalue weighted by Gasteiger charge is -2.22. The van der Waals surface area contributed by atoms with Gasteiger partial charge in [-0.2, -0.15) is 26.2 Å². The van der Waals surface area contributed by atoms with E-state index in [4.69, 9.17) is 58.1 Å². The third-order valence-corrected chi connectivity index (χ3v) is 31.8. The molecule has 0 bridgehead atoms. The first-order chi connectivity index (χ1) is 65.4. The van der Waals surface area contributed by atoms with E-state index in [1.165, 1.54) is 50.2 Å². The Morgan fingerprint density at radius 2 is 0.648 bits per heavy atom. The molecule has 54 nitrogen and oxygen atoms in total. The zero-order valence-corrected chi connectivity index (χ0v) is 79.3. The lowest BCUT2D eigenvalue weighted by atomic mass is 10.1.